The molecular formula is C11H16F2N4O. The van der Waals surface area contributed by atoms with Gasteiger partial charge in [-0.2, -0.15) is 0 Å². The van der Waals surface area contributed by atoms with E-state index in [1.807, 2.05) is 0 Å². The maximum Gasteiger partial charge on any atom is 0.178 e. The summed E-state index contributed by atoms with van der Waals surface area (Å²) in [7, 11) is 0. The minimum Gasteiger partial charge on any atom is -0.381 e. The molecule has 0 amide bonds. The third kappa shape index (κ3) is 3.05. The number of hydrogen-bond donors (Lipinski definition) is 3. The van der Waals surface area contributed by atoms with Crippen LogP contribution < -0.4 is 16.6 Å². The van der Waals surface area contributed by atoms with E-state index in [0.29, 0.717) is 12.5 Å². The number of rotatable bonds is 4. The Hall–Kier alpha value is -1.47. The topological polar surface area (TPSA) is 72.2 Å². The highest BCUT2D eigenvalue weighted by Gasteiger charge is 2.16. The third-order valence-corrected chi connectivity index (χ3v) is 2.97. The second-order valence-corrected chi connectivity index (χ2v) is 4.23. The molecule has 7 heteroatoms. The Morgan fingerprint density at radius 2 is 1.94 bits per heavy atom. The van der Waals surface area contributed by atoms with E-state index < -0.39 is 11.6 Å². The lowest BCUT2D eigenvalue weighted by atomic mass is 10.0. The molecule has 1 aromatic rings. The summed E-state index contributed by atoms with van der Waals surface area (Å²) in [5.74, 6) is 3.80. The second kappa shape index (κ2) is 5.92. The maximum absolute atomic E-state index is 13.5. The van der Waals surface area contributed by atoms with Gasteiger partial charge in [0.25, 0.3) is 0 Å². The summed E-state index contributed by atoms with van der Waals surface area (Å²) in [6.07, 6.45) is 1.86. The Balaban J connectivity index is 1.99. The summed E-state index contributed by atoms with van der Waals surface area (Å²) < 4.78 is 31.8. The minimum atomic E-state index is -0.813. The second-order valence-electron chi connectivity index (χ2n) is 4.23. The number of anilines is 2. The van der Waals surface area contributed by atoms with Crippen LogP contribution in [0.4, 0.5) is 20.4 Å². The molecular weight excluding hydrogens is 242 g/mol. The van der Waals surface area contributed by atoms with Gasteiger partial charge in [-0.3, -0.25) is 0 Å². The van der Waals surface area contributed by atoms with Crippen molar-refractivity contribution in [2.45, 2.75) is 12.8 Å². The van der Waals surface area contributed by atoms with E-state index in [4.69, 9.17) is 10.6 Å². The number of nitrogens with one attached hydrogen (secondary N) is 2. The average Bonchev–Trinajstić information content (AvgIpc) is 2.39. The number of pyridine rings is 1. The van der Waals surface area contributed by atoms with E-state index in [9.17, 15) is 8.78 Å². The molecule has 0 saturated carbocycles. The van der Waals surface area contributed by atoms with Crippen LogP contribution in [0.5, 0.6) is 0 Å². The van der Waals surface area contributed by atoms with Gasteiger partial charge in [-0.05, 0) is 18.8 Å². The molecule has 1 saturated heterocycles. The first-order chi connectivity index (χ1) is 8.70. The van der Waals surface area contributed by atoms with Crippen molar-refractivity contribution in [1.82, 2.24) is 4.98 Å². The van der Waals surface area contributed by atoms with Gasteiger partial charge < -0.3 is 15.5 Å². The van der Waals surface area contributed by atoms with Crippen LogP contribution in [-0.4, -0.2) is 24.7 Å². The molecule has 2 rings (SSSR count). The Bertz CT molecular complexity index is 410. The molecule has 0 atom stereocenters. The number of hydrogen-bond acceptors (Lipinski definition) is 5. The van der Waals surface area contributed by atoms with E-state index in [1.54, 1.807) is 0 Å². The van der Waals surface area contributed by atoms with Crippen molar-refractivity contribution in [3.63, 3.8) is 0 Å². The van der Waals surface area contributed by atoms with E-state index >= 15 is 0 Å². The fourth-order valence-corrected chi connectivity index (χ4v) is 1.88. The van der Waals surface area contributed by atoms with Gasteiger partial charge in [0.2, 0.25) is 0 Å². The van der Waals surface area contributed by atoms with Crippen molar-refractivity contribution in [2.75, 3.05) is 30.5 Å². The Kier molecular flexibility index (Phi) is 4.27. The van der Waals surface area contributed by atoms with Crippen LogP contribution >= 0.6 is 0 Å². The van der Waals surface area contributed by atoms with Gasteiger partial charge >= 0.3 is 0 Å². The van der Waals surface area contributed by atoms with E-state index in [0.717, 1.165) is 32.1 Å². The first-order valence-electron chi connectivity index (χ1n) is 5.85. The largest absolute Gasteiger partial charge is 0.381 e. The number of hydrazine groups is 1. The number of nitrogens with two attached hydrogens (primary N) is 1. The molecule has 4 N–H and O–H groups in total. The summed E-state index contributed by atoms with van der Waals surface area (Å²) in [6.45, 7) is 2.03. The fraction of sp³-hybridized carbons (Fsp3) is 0.545. The summed E-state index contributed by atoms with van der Waals surface area (Å²) in [5, 5.41) is 2.88. The predicted molar refractivity (Wildman–Crippen MR) is 64.0 cm³/mol. The van der Waals surface area contributed by atoms with Gasteiger partial charge in [0.1, 0.15) is 0 Å². The molecule has 1 fully saturated rings. The predicted octanol–water partition coefficient (Wildman–Crippen LogP) is 1.48. The van der Waals surface area contributed by atoms with Crippen LogP contribution in [0.3, 0.4) is 0 Å². The monoisotopic (exact) mass is 258 g/mol. The van der Waals surface area contributed by atoms with E-state index in [1.165, 1.54) is 0 Å². The molecule has 1 aliphatic rings. The average molecular weight is 258 g/mol. The van der Waals surface area contributed by atoms with Gasteiger partial charge in [0, 0.05) is 25.8 Å². The molecule has 0 aromatic carbocycles. The van der Waals surface area contributed by atoms with Crippen LogP contribution in [0.1, 0.15) is 12.8 Å². The van der Waals surface area contributed by atoms with E-state index in [-0.39, 0.29) is 11.6 Å². The molecule has 0 unspecified atom stereocenters. The van der Waals surface area contributed by atoms with Crippen LogP contribution in [-0.2, 0) is 4.74 Å². The van der Waals surface area contributed by atoms with Crippen LogP contribution in [0.15, 0.2) is 6.07 Å². The molecule has 0 spiro atoms. The number of nitrogen functional groups attached to an aromatic ring is 1. The van der Waals surface area contributed by atoms with Crippen LogP contribution in [0.2, 0.25) is 0 Å². The van der Waals surface area contributed by atoms with Gasteiger partial charge in [-0.25, -0.2) is 19.6 Å². The van der Waals surface area contributed by atoms with Gasteiger partial charge in [-0.1, -0.05) is 0 Å². The Morgan fingerprint density at radius 3 is 2.61 bits per heavy atom. The molecule has 0 radical (unpaired) electrons. The van der Waals surface area contributed by atoms with Crippen LogP contribution in [0.25, 0.3) is 0 Å². The Labute approximate surface area is 104 Å². The first-order valence-corrected chi connectivity index (χ1v) is 5.85. The minimum absolute atomic E-state index is 0.0100. The number of ether oxygens (including phenoxy) is 1. The smallest absolute Gasteiger partial charge is 0.178 e. The number of halogens is 2. The Morgan fingerprint density at radius 1 is 1.28 bits per heavy atom. The molecule has 100 valence electrons. The van der Waals surface area contributed by atoms with Crippen LogP contribution in [0, 0.1) is 17.6 Å². The van der Waals surface area contributed by atoms with Crippen molar-refractivity contribution in [3.05, 3.63) is 17.7 Å². The van der Waals surface area contributed by atoms with Gasteiger partial charge in [0.15, 0.2) is 23.3 Å². The lowest BCUT2D eigenvalue weighted by Crippen LogP contribution is -2.23. The molecule has 1 aromatic heterocycles. The van der Waals surface area contributed by atoms with Crippen molar-refractivity contribution in [2.24, 2.45) is 11.8 Å². The van der Waals surface area contributed by atoms with Crippen molar-refractivity contribution in [1.29, 1.82) is 0 Å². The van der Waals surface area contributed by atoms with Gasteiger partial charge in [0.05, 0.1) is 0 Å². The summed E-state index contributed by atoms with van der Waals surface area (Å²) in [4.78, 5) is 3.75. The molecule has 2 heterocycles. The van der Waals surface area contributed by atoms with Crippen molar-refractivity contribution < 1.29 is 13.5 Å². The molecule has 0 aliphatic carbocycles. The SMILES string of the molecule is NNc1nc(NCC2CCOCC2)c(F)cc1F. The summed E-state index contributed by atoms with van der Waals surface area (Å²) in [6, 6.07) is 0.758. The fourth-order valence-electron chi connectivity index (χ4n) is 1.88. The standard InChI is InChI=1S/C11H16F2N4O/c12-8-5-9(13)11(17-14)16-10(8)15-6-7-1-3-18-4-2-7/h5,7H,1-4,6,14H2,(H2,15,16,17). The summed E-state index contributed by atoms with van der Waals surface area (Å²) in [5.41, 5.74) is 2.09. The molecule has 5 nitrogen and oxygen atoms in total. The quantitative estimate of drug-likeness (QED) is 0.563. The van der Waals surface area contributed by atoms with E-state index in [2.05, 4.69) is 15.7 Å². The summed E-state index contributed by atoms with van der Waals surface area (Å²) >= 11 is 0. The zero-order valence-electron chi connectivity index (χ0n) is 9.88. The highest BCUT2D eigenvalue weighted by molar-refractivity contribution is 5.46. The zero-order chi connectivity index (χ0) is 13.0. The maximum atomic E-state index is 13.5. The lowest BCUT2D eigenvalue weighted by molar-refractivity contribution is 0.0699. The van der Waals surface area contributed by atoms with Gasteiger partial charge in [-0.15, -0.1) is 0 Å². The normalized spacial score (nSPS) is 16.6. The molecule has 1 aliphatic heterocycles. The van der Waals surface area contributed by atoms with Crippen molar-refractivity contribution in [3.8, 4) is 0 Å². The molecule has 0 bridgehead atoms. The highest BCUT2D eigenvalue weighted by atomic mass is 19.1. The highest BCUT2D eigenvalue weighted by Crippen LogP contribution is 2.20. The zero-order valence-corrected chi connectivity index (χ0v) is 9.88. The van der Waals surface area contributed by atoms with Crippen molar-refractivity contribution >= 4 is 11.6 Å². The first kappa shape index (κ1) is 13.0. The molecule has 18 heavy (non-hydrogen) atoms. The third-order valence-electron chi connectivity index (χ3n) is 2.97. The number of nitrogens with zero attached hydrogens (tertiary/aromatic N) is 1. The lowest BCUT2D eigenvalue weighted by Gasteiger charge is -2.22. The number of aromatic nitrogens is 1.